The van der Waals surface area contributed by atoms with Crippen LogP contribution in [0.15, 0.2) is 36.4 Å². The smallest absolute Gasteiger partial charge is 0.348 e. The molecule has 2 aromatic rings. The summed E-state index contributed by atoms with van der Waals surface area (Å²) in [5.74, 6) is -0.461. The molecule has 1 aromatic heterocycles. The molecule has 0 fully saturated rings. The monoisotopic (exact) mass is 475 g/mol. The topological polar surface area (TPSA) is 88.2 Å². The standard InChI is InChI=1S/C20H21ClF3N3O3S/c1-3-4-16-14(6-9-18(26-16)20(22,23)24)7-10-19(28)25-12-13-5-8-17(15(21)11-13)27-31(2,29)30/h5-11,27H,3-4,12H2,1-2H3,(H,25,28)/b10-7+. The zero-order chi connectivity index (χ0) is 23.2. The molecule has 1 aromatic carbocycles. The second-order valence-electron chi connectivity index (χ2n) is 6.72. The average molecular weight is 476 g/mol. The fourth-order valence-electron chi connectivity index (χ4n) is 2.62. The third kappa shape index (κ3) is 7.87. The Morgan fingerprint density at radius 2 is 1.94 bits per heavy atom. The van der Waals surface area contributed by atoms with E-state index in [1.807, 2.05) is 6.92 Å². The molecule has 1 heterocycles. The number of carbonyl (C=O) groups is 1. The van der Waals surface area contributed by atoms with E-state index in [2.05, 4.69) is 15.0 Å². The van der Waals surface area contributed by atoms with E-state index in [0.29, 0.717) is 24.0 Å². The molecule has 6 nitrogen and oxygen atoms in total. The minimum absolute atomic E-state index is 0.120. The summed E-state index contributed by atoms with van der Waals surface area (Å²) in [6.45, 7) is 1.94. The Morgan fingerprint density at radius 1 is 1.23 bits per heavy atom. The summed E-state index contributed by atoms with van der Waals surface area (Å²) < 4.78 is 63.4. The maximum absolute atomic E-state index is 12.9. The number of nitrogens with zero attached hydrogens (tertiary/aromatic N) is 1. The van der Waals surface area contributed by atoms with Crippen LogP contribution in [0.1, 0.15) is 35.9 Å². The van der Waals surface area contributed by atoms with Crippen LogP contribution in [-0.2, 0) is 34.0 Å². The first-order valence-corrected chi connectivity index (χ1v) is 11.4. The summed E-state index contributed by atoms with van der Waals surface area (Å²) in [5.41, 5.74) is 0.584. The Morgan fingerprint density at radius 3 is 2.52 bits per heavy atom. The van der Waals surface area contributed by atoms with E-state index in [1.54, 1.807) is 6.07 Å². The Kier molecular flexibility index (Phi) is 8.08. The van der Waals surface area contributed by atoms with Crippen molar-refractivity contribution in [1.82, 2.24) is 10.3 Å². The zero-order valence-corrected chi connectivity index (χ0v) is 18.3. The number of hydrogen-bond donors (Lipinski definition) is 2. The summed E-state index contributed by atoms with van der Waals surface area (Å²) >= 11 is 6.04. The highest BCUT2D eigenvalue weighted by molar-refractivity contribution is 7.92. The highest BCUT2D eigenvalue weighted by Gasteiger charge is 2.32. The van der Waals surface area contributed by atoms with Crippen molar-refractivity contribution >= 4 is 39.3 Å². The molecule has 11 heteroatoms. The molecule has 1 amide bonds. The number of hydrogen-bond acceptors (Lipinski definition) is 4. The molecule has 168 valence electrons. The number of halogens is 4. The molecule has 0 aliphatic heterocycles. The van der Waals surface area contributed by atoms with Crippen molar-refractivity contribution in [2.24, 2.45) is 0 Å². The van der Waals surface area contributed by atoms with Gasteiger partial charge in [0, 0.05) is 18.3 Å². The van der Waals surface area contributed by atoms with Crippen molar-refractivity contribution in [2.45, 2.75) is 32.5 Å². The number of sulfonamides is 1. The minimum Gasteiger partial charge on any atom is -0.348 e. The molecule has 0 spiro atoms. The van der Waals surface area contributed by atoms with Gasteiger partial charge in [0.15, 0.2) is 0 Å². The predicted molar refractivity (Wildman–Crippen MR) is 114 cm³/mol. The van der Waals surface area contributed by atoms with Crippen LogP contribution in [0.5, 0.6) is 0 Å². The van der Waals surface area contributed by atoms with Crippen molar-refractivity contribution in [2.75, 3.05) is 11.0 Å². The lowest BCUT2D eigenvalue weighted by atomic mass is 10.1. The van der Waals surface area contributed by atoms with Crippen molar-refractivity contribution < 1.29 is 26.4 Å². The van der Waals surface area contributed by atoms with Gasteiger partial charge in [-0.1, -0.05) is 37.1 Å². The SMILES string of the molecule is CCCc1nc(C(F)(F)F)ccc1/C=C/C(=O)NCc1ccc(NS(C)(=O)=O)c(Cl)c1. The highest BCUT2D eigenvalue weighted by Crippen LogP contribution is 2.29. The van der Waals surface area contributed by atoms with Gasteiger partial charge in [-0.25, -0.2) is 13.4 Å². The zero-order valence-electron chi connectivity index (χ0n) is 16.8. The quantitative estimate of drug-likeness (QED) is 0.554. The normalized spacial score (nSPS) is 12.2. The number of aryl methyl sites for hydroxylation is 1. The van der Waals surface area contributed by atoms with Gasteiger partial charge >= 0.3 is 6.18 Å². The Bertz CT molecular complexity index is 1090. The van der Waals surface area contributed by atoms with Crippen LogP contribution in [0.4, 0.5) is 18.9 Å². The maximum atomic E-state index is 12.9. The first-order chi connectivity index (χ1) is 14.4. The van der Waals surface area contributed by atoms with Gasteiger partial charge in [-0.15, -0.1) is 0 Å². The number of alkyl halides is 3. The van der Waals surface area contributed by atoms with Crippen LogP contribution in [-0.4, -0.2) is 25.6 Å². The van der Waals surface area contributed by atoms with Crippen LogP contribution >= 0.6 is 11.6 Å². The molecule has 0 saturated carbocycles. The van der Waals surface area contributed by atoms with Crippen molar-refractivity contribution in [3.63, 3.8) is 0 Å². The number of amides is 1. The molecule has 2 rings (SSSR count). The van der Waals surface area contributed by atoms with E-state index >= 15 is 0 Å². The molecule has 0 bridgehead atoms. The van der Waals surface area contributed by atoms with Crippen molar-refractivity contribution in [1.29, 1.82) is 0 Å². The van der Waals surface area contributed by atoms with E-state index in [1.165, 1.54) is 30.4 Å². The number of anilines is 1. The molecule has 0 unspecified atom stereocenters. The number of pyridine rings is 1. The van der Waals surface area contributed by atoms with Gasteiger partial charge in [-0.2, -0.15) is 13.2 Å². The largest absolute Gasteiger partial charge is 0.433 e. The average Bonchev–Trinajstić information content (AvgIpc) is 2.65. The number of rotatable bonds is 8. The molecular weight excluding hydrogens is 455 g/mol. The second kappa shape index (κ2) is 10.1. The van der Waals surface area contributed by atoms with Crippen molar-refractivity contribution in [3.8, 4) is 0 Å². The van der Waals surface area contributed by atoms with Crippen LogP contribution in [0, 0.1) is 0 Å². The van der Waals surface area contributed by atoms with E-state index in [0.717, 1.165) is 12.3 Å². The van der Waals surface area contributed by atoms with Gasteiger partial charge in [0.05, 0.1) is 17.0 Å². The van der Waals surface area contributed by atoms with Crippen molar-refractivity contribution in [3.05, 3.63) is 63.9 Å². The van der Waals surface area contributed by atoms with E-state index in [9.17, 15) is 26.4 Å². The molecule has 0 radical (unpaired) electrons. The number of nitrogens with one attached hydrogen (secondary N) is 2. The van der Waals surface area contributed by atoms with Gasteiger partial charge in [-0.05, 0) is 41.8 Å². The summed E-state index contributed by atoms with van der Waals surface area (Å²) in [5, 5.41) is 2.80. The van der Waals surface area contributed by atoms with Gasteiger partial charge < -0.3 is 5.32 Å². The van der Waals surface area contributed by atoms with E-state index < -0.39 is 27.8 Å². The van der Waals surface area contributed by atoms with Gasteiger partial charge in [0.25, 0.3) is 0 Å². The summed E-state index contributed by atoms with van der Waals surface area (Å²) in [6, 6.07) is 6.76. The lowest BCUT2D eigenvalue weighted by Gasteiger charge is -2.10. The van der Waals surface area contributed by atoms with Gasteiger partial charge in [0.2, 0.25) is 15.9 Å². The molecule has 0 aliphatic carbocycles. The molecule has 31 heavy (non-hydrogen) atoms. The number of benzene rings is 1. The second-order valence-corrected chi connectivity index (χ2v) is 8.88. The molecular formula is C20H21ClF3N3O3S. The first kappa shape index (κ1) is 24.7. The number of carbonyl (C=O) groups excluding carboxylic acids is 1. The first-order valence-electron chi connectivity index (χ1n) is 9.18. The van der Waals surface area contributed by atoms with Gasteiger partial charge in [-0.3, -0.25) is 9.52 Å². The highest BCUT2D eigenvalue weighted by atomic mass is 35.5. The Hall–Kier alpha value is -2.59. The Labute approximate surface area is 183 Å². The van der Waals surface area contributed by atoms with Crippen LogP contribution in [0.25, 0.3) is 6.08 Å². The molecule has 0 aliphatic rings. The molecule has 0 atom stereocenters. The summed E-state index contributed by atoms with van der Waals surface area (Å²) in [6.07, 6.45) is 0.0474. The minimum atomic E-state index is -4.53. The fraction of sp³-hybridized carbons (Fsp3) is 0.300. The van der Waals surface area contributed by atoms with E-state index in [4.69, 9.17) is 11.6 Å². The number of aromatic nitrogens is 1. The van der Waals surface area contributed by atoms with Gasteiger partial charge in [0.1, 0.15) is 5.69 Å². The fourth-order valence-corrected chi connectivity index (χ4v) is 3.51. The van der Waals surface area contributed by atoms with E-state index in [-0.39, 0.29) is 22.9 Å². The third-order valence-electron chi connectivity index (χ3n) is 4.00. The summed E-state index contributed by atoms with van der Waals surface area (Å²) in [7, 11) is -3.47. The third-order valence-corrected chi connectivity index (χ3v) is 4.90. The molecule has 2 N–H and O–H groups in total. The lowest BCUT2D eigenvalue weighted by molar-refractivity contribution is -0.141. The predicted octanol–water partition coefficient (Wildman–Crippen LogP) is 4.41. The lowest BCUT2D eigenvalue weighted by Crippen LogP contribution is -2.20. The van der Waals surface area contributed by atoms with Crippen LogP contribution in [0.3, 0.4) is 0 Å². The Balaban J connectivity index is 2.05. The van der Waals surface area contributed by atoms with Crippen LogP contribution in [0.2, 0.25) is 5.02 Å². The summed E-state index contributed by atoms with van der Waals surface area (Å²) in [4.78, 5) is 15.8. The molecule has 0 saturated heterocycles. The van der Waals surface area contributed by atoms with Crippen LogP contribution < -0.4 is 10.0 Å². The maximum Gasteiger partial charge on any atom is 0.433 e.